The zero-order valence-corrected chi connectivity index (χ0v) is 13.3. The molecule has 0 bridgehead atoms. The molecular weight excluding hydrogens is 249 g/mol. The maximum atomic E-state index is 11.4. The first-order chi connectivity index (χ1) is 8.63. The smallest absolute Gasteiger partial charge is 0.311 e. The summed E-state index contributed by atoms with van der Waals surface area (Å²) in [7, 11) is -2.33. The average molecular weight is 279 g/mol. The van der Waals surface area contributed by atoms with Crippen LogP contribution in [0.2, 0.25) is 0 Å². The lowest BCUT2D eigenvalue weighted by Gasteiger charge is -2.19. The average Bonchev–Trinajstić information content (AvgIpc) is 2.36. The standard InChI is InChI=1S/C13H30NO3P/c1-5-8-9-13(7-3)11-14-12(4)17-18(15)16-10-6-2/h12-14,18H,5-11H2,1-4H3. The summed E-state index contributed by atoms with van der Waals surface area (Å²) < 4.78 is 21.7. The summed E-state index contributed by atoms with van der Waals surface area (Å²) in [4.78, 5) is 0. The molecule has 1 N–H and O–H groups in total. The summed E-state index contributed by atoms with van der Waals surface area (Å²) in [5, 5.41) is 3.27. The number of rotatable bonds is 12. The Labute approximate surface area is 113 Å². The van der Waals surface area contributed by atoms with E-state index in [0.717, 1.165) is 13.0 Å². The van der Waals surface area contributed by atoms with Gasteiger partial charge in [-0.1, -0.05) is 40.0 Å². The Kier molecular flexibility index (Phi) is 12.2. The van der Waals surface area contributed by atoms with E-state index in [9.17, 15) is 4.57 Å². The second-order valence-corrected chi connectivity index (χ2v) is 5.71. The summed E-state index contributed by atoms with van der Waals surface area (Å²) in [5.74, 6) is 0.676. The van der Waals surface area contributed by atoms with Crippen LogP contribution in [0, 0.1) is 5.92 Å². The summed E-state index contributed by atoms with van der Waals surface area (Å²) in [6.45, 7) is 9.70. The molecule has 0 rings (SSSR count). The van der Waals surface area contributed by atoms with Gasteiger partial charge in [0.25, 0.3) is 0 Å². The van der Waals surface area contributed by atoms with Gasteiger partial charge in [-0.2, -0.15) is 0 Å². The molecule has 0 aromatic heterocycles. The third kappa shape index (κ3) is 10.1. The zero-order chi connectivity index (χ0) is 13.8. The highest BCUT2D eigenvalue weighted by atomic mass is 31.1. The molecule has 0 aliphatic carbocycles. The number of nitrogens with one attached hydrogen (secondary N) is 1. The van der Waals surface area contributed by atoms with E-state index in [1.54, 1.807) is 0 Å². The van der Waals surface area contributed by atoms with Crippen molar-refractivity contribution in [2.24, 2.45) is 5.92 Å². The molecule has 0 amide bonds. The Hall–Kier alpha value is 0.110. The summed E-state index contributed by atoms with van der Waals surface area (Å²) in [6, 6.07) is 0. The van der Waals surface area contributed by atoms with Crippen molar-refractivity contribution in [2.45, 2.75) is 66.0 Å². The topological polar surface area (TPSA) is 47.6 Å². The van der Waals surface area contributed by atoms with Gasteiger partial charge >= 0.3 is 8.25 Å². The SMILES string of the molecule is CCCCC(CC)CNC(C)O[PH](=O)OCCC. The first-order valence-electron chi connectivity index (χ1n) is 7.20. The summed E-state index contributed by atoms with van der Waals surface area (Å²) >= 11 is 0. The highest BCUT2D eigenvalue weighted by molar-refractivity contribution is 7.33. The van der Waals surface area contributed by atoms with Gasteiger partial charge in [-0.05, 0) is 25.7 Å². The van der Waals surface area contributed by atoms with Gasteiger partial charge in [0.05, 0.1) is 6.61 Å². The molecule has 0 aromatic rings. The largest absolute Gasteiger partial charge is 0.320 e. The van der Waals surface area contributed by atoms with Gasteiger partial charge in [-0.15, -0.1) is 0 Å². The van der Waals surface area contributed by atoms with E-state index in [1.165, 1.54) is 25.7 Å². The second kappa shape index (κ2) is 12.2. The van der Waals surface area contributed by atoms with Crippen LogP contribution in [0.4, 0.5) is 0 Å². The van der Waals surface area contributed by atoms with Gasteiger partial charge in [0.1, 0.15) is 6.23 Å². The van der Waals surface area contributed by atoms with Gasteiger partial charge in [-0.25, -0.2) is 0 Å². The van der Waals surface area contributed by atoms with E-state index in [-0.39, 0.29) is 6.23 Å². The van der Waals surface area contributed by atoms with Gasteiger partial charge in [0, 0.05) is 6.54 Å². The molecule has 3 unspecified atom stereocenters. The Balaban J connectivity index is 3.72. The Morgan fingerprint density at radius 2 is 1.94 bits per heavy atom. The first-order valence-corrected chi connectivity index (χ1v) is 8.43. The molecule has 0 fully saturated rings. The van der Waals surface area contributed by atoms with Crippen LogP contribution in [0.3, 0.4) is 0 Å². The molecular formula is C13H30NO3P. The zero-order valence-electron chi connectivity index (χ0n) is 12.3. The minimum atomic E-state index is -2.33. The summed E-state index contributed by atoms with van der Waals surface area (Å²) in [5.41, 5.74) is 0. The fourth-order valence-corrected chi connectivity index (χ4v) is 2.49. The van der Waals surface area contributed by atoms with E-state index in [0.29, 0.717) is 12.5 Å². The van der Waals surface area contributed by atoms with Gasteiger partial charge < -0.3 is 4.52 Å². The van der Waals surface area contributed by atoms with Crippen LogP contribution < -0.4 is 5.32 Å². The number of unbranched alkanes of at least 4 members (excludes halogenated alkanes) is 1. The first kappa shape index (κ1) is 18.1. The molecule has 0 heterocycles. The Morgan fingerprint density at radius 1 is 1.22 bits per heavy atom. The van der Waals surface area contributed by atoms with Crippen LogP contribution in [0.15, 0.2) is 0 Å². The van der Waals surface area contributed by atoms with Crippen molar-refractivity contribution in [1.82, 2.24) is 5.32 Å². The quantitative estimate of drug-likeness (QED) is 0.434. The minimum absolute atomic E-state index is 0.205. The van der Waals surface area contributed by atoms with E-state index < -0.39 is 8.25 Å². The molecule has 0 spiro atoms. The molecule has 0 saturated carbocycles. The highest BCUT2D eigenvalue weighted by Crippen LogP contribution is 2.25. The fourth-order valence-electron chi connectivity index (χ4n) is 1.68. The van der Waals surface area contributed by atoms with Crippen molar-refractivity contribution < 1.29 is 13.6 Å². The molecule has 0 radical (unpaired) electrons. The molecule has 0 aromatic carbocycles. The molecule has 0 saturated heterocycles. The van der Waals surface area contributed by atoms with Crippen molar-refractivity contribution in [2.75, 3.05) is 13.2 Å². The predicted octanol–water partition coefficient (Wildman–Crippen LogP) is 3.97. The van der Waals surface area contributed by atoms with Gasteiger partial charge in [0.15, 0.2) is 0 Å². The van der Waals surface area contributed by atoms with Crippen molar-refractivity contribution in [3.8, 4) is 0 Å². The second-order valence-electron chi connectivity index (χ2n) is 4.68. The molecule has 5 heteroatoms. The van der Waals surface area contributed by atoms with Crippen molar-refractivity contribution in [3.05, 3.63) is 0 Å². The van der Waals surface area contributed by atoms with Crippen LogP contribution in [0.1, 0.15) is 59.8 Å². The Morgan fingerprint density at radius 3 is 2.50 bits per heavy atom. The number of hydrogen-bond acceptors (Lipinski definition) is 4. The molecule has 0 aliphatic rings. The van der Waals surface area contributed by atoms with Crippen molar-refractivity contribution in [3.63, 3.8) is 0 Å². The lowest BCUT2D eigenvalue weighted by molar-refractivity contribution is 0.144. The van der Waals surface area contributed by atoms with Gasteiger partial charge in [0.2, 0.25) is 0 Å². The third-order valence-electron chi connectivity index (χ3n) is 2.93. The van der Waals surface area contributed by atoms with Crippen LogP contribution in [-0.2, 0) is 13.6 Å². The van der Waals surface area contributed by atoms with E-state index >= 15 is 0 Å². The lowest BCUT2D eigenvalue weighted by Crippen LogP contribution is -2.31. The minimum Gasteiger partial charge on any atom is -0.311 e. The fraction of sp³-hybridized carbons (Fsp3) is 1.00. The molecule has 0 aliphatic heterocycles. The van der Waals surface area contributed by atoms with Crippen molar-refractivity contribution in [1.29, 1.82) is 0 Å². The van der Waals surface area contributed by atoms with E-state index in [2.05, 4.69) is 19.2 Å². The van der Waals surface area contributed by atoms with Crippen LogP contribution in [0.25, 0.3) is 0 Å². The van der Waals surface area contributed by atoms with E-state index in [1.807, 2.05) is 13.8 Å². The molecule has 18 heavy (non-hydrogen) atoms. The maximum Gasteiger partial charge on any atom is 0.320 e. The maximum absolute atomic E-state index is 11.4. The van der Waals surface area contributed by atoms with Crippen LogP contribution in [-0.4, -0.2) is 19.4 Å². The lowest BCUT2D eigenvalue weighted by atomic mass is 9.99. The highest BCUT2D eigenvalue weighted by Gasteiger charge is 2.10. The van der Waals surface area contributed by atoms with Gasteiger partial charge in [-0.3, -0.25) is 14.4 Å². The van der Waals surface area contributed by atoms with Crippen molar-refractivity contribution >= 4 is 8.25 Å². The number of hydrogen-bond donors (Lipinski definition) is 1. The third-order valence-corrected chi connectivity index (χ3v) is 3.92. The molecule has 3 atom stereocenters. The normalized spacial score (nSPS) is 16.4. The predicted molar refractivity (Wildman–Crippen MR) is 77.1 cm³/mol. The molecule has 110 valence electrons. The summed E-state index contributed by atoms with van der Waals surface area (Å²) in [6.07, 6.45) is 5.57. The van der Waals surface area contributed by atoms with Crippen LogP contribution in [0.5, 0.6) is 0 Å². The monoisotopic (exact) mass is 279 g/mol. The molecule has 4 nitrogen and oxygen atoms in total. The van der Waals surface area contributed by atoms with E-state index in [4.69, 9.17) is 9.05 Å². The van der Waals surface area contributed by atoms with Crippen LogP contribution >= 0.6 is 8.25 Å². The Bertz CT molecular complexity index is 214.